The molecule has 1 saturated heterocycles. The second-order valence-electron chi connectivity index (χ2n) is 6.27. The van der Waals surface area contributed by atoms with Crippen LogP contribution in [0.25, 0.3) is 5.70 Å². The van der Waals surface area contributed by atoms with E-state index in [1.165, 1.54) is 7.11 Å². The molecule has 1 N–H and O–H groups in total. The van der Waals surface area contributed by atoms with Gasteiger partial charge in [-0.05, 0) is 37.3 Å². The van der Waals surface area contributed by atoms with Gasteiger partial charge in [-0.1, -0.05) is 17.7 Å². The largest absolute Gasteiger partial charge is 0.497 e. The van der Waals surface area contributed by atoms with Gasteiger partial charge in [0.2, 0.25) is 0 Å². The Labute approximate surface area is 156 Å². The van der Waals surface area contributed by atoms with Crippen LogP contribution in [0.3, 0.4) is 0 Å². The first-order chi connectivity index (χ1) is 13.0. The van der Waals surface area contributed by atoms with Crippen LogP contribution in [0, 0.1) is 6.92 Å². The summed E-state index contributed by atoms with van der Waals surface area (Å²) < 4.78 is 10.7. The molecule has 2 aliphatic heterocycles. The van der Waals surface area contributed by atoms with E-state index in [4.69, 9.17) is 14.3 Å². The maximum Gasteiger partial charge on any atom is 0.270 e. The monoisotopic (exact) mass is 366 g/mol. The highest BCUT2D eigenvalue weighted by molar-refractivity contribution is 6.33. The lowest BCUT2D eigenvalue weighted by molar-refractivity contribution is -0.127. The van der Waals surface area contributed by atoms with E-state index >= 15 is 0 Å². The molecule has 0 aromatic heterocycles. The first-order valence-electron chi connectivity index (χ1n) is 8.38. The van der Waals surface area contributed by atoms with E-state index in [0.717, 1.165) is 10.5 Å². The van der Waals surface area contributed by atoms with Gasteiger partial charge in [-0.15, -0.1) is 0 Å². The second kappa shape index (κ2) is 6.44. The molecule has 2 amide bonds. The first kappa shape index (κ1) is 17.1. The van der Waals surface area contributed by atoms with Gasteiger partial charge < -0.3 is 9.47 Å². The number of rotatable bonds is 4. The molecule has 138 valence electrons. The van der Waals surface area contributed by atoms with Crippen LogP contribution in [0.1, 0.15) is 11.1 Å². The second-order valence-corrected chi connectivity index (χ2v) is 6.27. The Hall–Kier alpha value is -3.32. The third-order valence-corrected chi connectivity index (χ3v) is 4.66. The molecule has 0 saturated carbocycles. The summed E-state index contributed by atoms with van der Waals surface area (Å²) in [6, 6.07) is 12.4. The van der Waals surface area contributed by atoms with Gasteiger partial charge in [0.25, 0.3) is 11.8 Å². The lowest BCUT2D eigenvalue weighted by atomic mass is 10.0. The number of amides is 2. The number of aryl methyl sites for hydroxylation is 1. The molecular formula is C20H18N2O5. The van der Waals surface area contributed by atoms with Crippen molar-refractivity contribution in [1.29, 1.82) is 0 Å². The predicted octanol–water partition coefficient (Wildman–Crippen LogP) is 2.20. The Kier molecular flexibility index (Phi) is 4.08. The van der Waals surface area contributed by atoms with Gasteiger partial charge in [0, 0.05) is 5.56 Å². The lowest BCUT2D eigenvalue weighted by Gasteiger charge is -2.16. The smallest absolute Gasteiger partial charge is 0.270 e. The highest BCUT2D eigenvalue weighted by Crippen LogP contribution is 2.39. The number of hydroxylamine groups is 1. The number of ether oxygens (including phenoxy) is 2. The molecule has 1 fully saturated rings. The van der Waals surface area contributed by atoms with E-state index in [0.29, 0.717) is 28.4 Å². The number of hydrogen-bond donors (Lipinski definition) is 1. The van der Waals surface area contributed by atoms with Crippen LogP contribution in [0.5, 0.6) is 11.5 Å². The summed E-state index contributed by atoms with van der Waals surface area (Å²) in [7, 11) is 3.08. The van der Waals surface area contributed by atoms with Crippen molar-refractivity contribution in [3.63, 3.8) is 0 Å². The quantitative estimate of drug-likeness (QED) is 0.836. The molecule has 2 aromatic rings. The molecule has 0 spiro atoms. The zero-order chi connectivity index (χ0) is 19.1. The Balaban J connectivity index is 1.82. The molecule has 2 heterocycles. The minimum absolute atomic E-state index is 0.257. The van der Waals surface area contributed by atoms with Gasteiger partial charge in [0.15, 0.2) is 6.10 Å². The zero-order valence-corrected chi connectivity index (χ0v) is 15.1. The van der Waals surface area contributed by atoms with Gasteiger partial charge in [-0.25, -0.2) is 4.90 Å². The average molecular weight is 366 g/mol. The summed E-state index contributed by atoms with van der Waals surface area (Å²) in [5, 5.41) is 0. The van der Waals surface area contributed by atoms with E-state index in [9.17, 15) is 9.59 Å². The van der Waals surface area contributed by atoms with Gasteiger partial charge in [-0.3, -0.25) is 19.9 Å². The van der Waals surface area contributed by atoms with Crippen molar-refractivity contribution in [2.75, 3.05) is 19.1 Å². The number of hydrogen-bond acceptors (Lipinski definition) is 6. The third kappa shape index (κ3) is 2.63. The number of anilines is 1. The normalized spacial score (nSPS) is 18.6. The standard InChI is InChI=1S/C20H18N2O5/c1-11-4-6-12(7-5-11)22-19(23)16-17(21-27-18(16)20(22)24)14-10-13(25-2)8-9-15(14)26-3/h4-10,18,21H,1-3H3/t18-/m1/s1. The van der Waals surface area contributed by atoms with E-state index in [1.54, 1.807) is 37.4 Å². The third-order valence-electron chi connectivity index (χ3n) is 4.66. The molecule has 2 aromatic carbocycles. The van der Waals surface area contributed by atoms with Gasteiger partial charge >= 0.3 is 0 Å². The topological polar surface area (TPSA) is 77.1 Å². The van der Waals surface area contributed by atoms with E-state index in [-0.39, 0.29) is 5.57 Å². The van der Waals surface area contributed by atoms with Crippen LogP contribution in [-0.4, -0.2) is 32.1 Å². The van der Waals surface area contributed by atoms with Gasteiger partial charge in [0.1, 0.15) is 11.5 Å². The van der Waals surface area contributed by atoms with Crippen molar-refractivity contribution in [3.8, 4) is 11.5 Å². The van der Waals surface area contributed by atoms with Crippen LogP contribution >= 0.6 is 0 Å². The van der Waals surface area contributed by atoms with E-state index < -0.39 is 17.9 Å². The SMILES string of the molecule is COc1ccc(OC)c(C2=C3C(=O)N(c4ccc(C)cc4)C(=O)[C@@H]3ON2)c1. The van der Waals surface area contributed by atoms with Crippen molar-refractivity contribution in [1.82, 2.24) is 5.48 Å². The van der Waals surface area contributed by atoms with Crippen LogP contribution in [0.4, 0.5) is 5.69 Å². The molecule has 4 rings (SSSR count). The summed E-state index contributed by atoms with van der Waals surface area (Å²) in [6.45, 7) is 1.94. The summed E-state index contributed by atoms with van der Waals surface area (Å²) >= 11 is 0. The fraction of sp³-hybridized carbons (Fsp3) is 0.200. The zero-order valence-electron chi connectivity index (χ0n) is 15.1. The van der Waals surface area contributed by atoms with Gasteiger partial charge in [0.05, 0.1) is 31.2 Å². The highest BCUT2D eigenvalue weighted by atomic mass is 16.7. The lowest BCUT2D eigenvalue weighted by Crippen LogP contribution is -2.34. The molecule has 0 aliphatic carbocycles. The molecule has 0 bridgehead atoms. The Morgan fingerprint density at radius 2 is 1.78 bits per heavy atom. The minimum Gasteiger partial charge on any atom is -0.497 e. The van der Waals surface area contributed by atoms with Gasteiger partial charge in [-0.2, -0.15) is 0 Å². The van der Waals surface area contributed by atoms with Crippen LogP contribution in [-0.2, 0) is 14.4 Å². The molecule has 7 heteroatoms. The van der Waals surface area contributed by atoms with Crippen LogP contribution < -0.4 is 19.9 Å². The number of imide groups is 1. The maximum atomic E-state index is 13.1. The molecular weight excluding hydrogens is 348 g/mol. The summed E-state index contributed by atoms with van der Waals surface area (Å²) in [4.78, 5) is 32.5. The van der Waals surface area contributed by atoms with Crippen LogP contribution in [0.2, 0.25) is 0 Å². The molecule has 0 unspecified atom stereocenters. The number of nitrogens with zero attached hydrogens (tertiary/aromatic N) is 1. The minimum atomic E-state index is -0.996. The molecule has 2 aliphatic rings. The molecule has 1 atom stereocenters. The molecule has 27 heavy (non-hydrogen) atoms. The van der Waals surface area contributed by atoms with Crippen molar-refractivity contribution >= 4 is 23.2 Å². The van der Waals surface area contributed by atoms with Crippen molar-refractivity contribution in [3.05, 3.63) is 59.2 Å². The van der Waals surface area contributed by atoms with E-state index in [1.807, 2.05) is 19.1 Å². The van der Waals surface area contributed by atoms with Crippen LogP contribution in [0.15, 0.2) is 48.0 Å². The number of nitrogens with one attached hydrogen (secondary N) is 1. The van der Waals surface area contributed by atoms with Crippen molar-refractivity contribution < 1.29 is 23.9 Å². The molecule has 7 nitrogen and oxygen atoms in total. The Morgan fingerprint density at radius 1 is 1.04 bits per heavy atom. The van der Waals surface area contributed by atoms with Crippen molar-refractivity contribution in [2.45, 2.75) is 13.0 Å². The number of carbonyl (C=O) groups is 2. The number of fused-ring (bicyclic) bond motifs is 1. The average Bonchev–Trinajstić information content (AvgIpc) is 3.22. The summed E-state index contributed by atoms with van der Waals surface area (Å²) in [5.41, 5.74) is 5.52. The highest BCUT2D eigenvalue weighted by Gasteiger charge is 2.51. The Morgan fingerprint density at radius 3 is 2.44 bits per heavy atom. The number of methoxy groups -OCH3 is 2. The predicted molar refractivity (Wildman–Crippen MR) is 98.1 cm³/mol. The molecule has 0 radical (unpaired) electrons. The fourth-order valence-corrected chi connectivity index (χ4v) is 3.24. The maximum absolute atomic E-state index is 13.1. The van der Waals surface area contributed by atoms with E-state index in [2.05, 4.69) is 5.48 Å². The summed E-state index contributed by atoms with van der Waals surface area (Å²) in [5.74, 6) is 0.280. The number of benzene rings is 2. The fourth-order valence-electron chi connectivity index (χ4n) is 3.24. The summed E-state index contributed by atoms with van der Waals surface area (Å²) in [6.07, 6.45) is -0.996. The Bertz CT molecular complexity index is 965. The van der Waals surface area contributed by atoms with Crippen molar-refractivity contribution in [2.24, 2.45) is 0 Å². The number of carbonyl (C=O) groups excluding carboxylic acids is 2. The first-order valence-corrected chi connectivity index (χ1v) is 8.38.